The minimum absolute atomic E-state index is 0.540. The fourth-order valence-electron chi connectivity index (χ4n) is 2.30. The molecule has 0 fully saturated rings. The molecule has 0 aliphatic carbocycles. The zero-order valence-corrected chi connectivity index (χ0v) is 13.0. The summed E-state index contributed by atoms with van der Waals surface area (Å²) in [7, 11) is 0. The first-order chi connectivity index (χ1) is 10.3. The summed E-state index contributed by atoms with van der Waals surface area (Å²) in [5.41, 5.74) is 2.61. The summed E-state index contributed by atoms with van der Waals surface area (Å²) in [6, 6.07) is 18.8. The van der Waals surface area contributed by atoms with Crippen LogP contribution in [0.1, 0.15) is 37.3 Å². The Hall–Kier alpha value is -1.80. The lowest BCUT2D eigenvalue weighted by Crippen LogP contribution is -2.20. The molecule has 0 aliphatic rings. The van der Waals surface area contributed by atoms with E-state index < -0.39 is 0 Å². The van der Waals surface area contributed by atoms with Gasteiger partial charge in [0.2, 0.25) is 0 Å². The minimum Gasteiger partial charge on any atom is -0.492 e. The van der Waals surface area contributed by atoms with Gasteiger partial charge in [-0.15, -0.1) is 0 Å². The molecule has 2 rings (SSSR count). The van der Waals surface area contributed by atoms with E-state index in [2.05, 4.69) is 61.6 Å². The van der Waals surface area contributed by atoms with Crippen LogP contribution in [0.5, 0.6) is 5.75 Å². The number of hydrogen-bond donors (Lipinski definition) is 1. The molecule has 0 spiro atoms. The quantitative estimate of drug-likeness (QED) is 0.726. The summed E-state index contributed by atoms with van der Waals surface area (Å²) in [6.07, 6.45) is 1.13. The first-order valence-electron chi connectivity index (χ1n) is 7.77. The van der Waals surface area contributed by atoms with Gasteiger partial charge >= 0.3 is 0 Å². The molecule has 0 unspecified atom stereocenters. The molecule has 0 heterocycles. The van der Waals surface area contributed by atoms with Crippen LogP contribution in [-0.4, -0.2) is 13.2 Å². The van der Waals surface area contributed by atoms with Gasteiger partial charge in [-0.05, 0) is 29.5 Å². The van der Waals surface area contributed by atoms with Gasteiger partial charge in [0, 0.05) is 13.1 Å². The standard InChI is InChI=1S/C19H25NO/c1-3-16(2)18-11-7-8-12-19(18)21-14-13-20-15-17-9-5-4-6-10-17/h4-12,16,20H,3,13-15H2,1-2H3/t16-/m1/s1. The van der Waals surface area contributed by atoms with E-state index in [0.717, 1.165) is 25.3 Å². The molecule has 21 heavy (non-hydrogen) atoms. The topological polar surface area (TPSA) is 21.3 Å². The van der Waals surface area contributed by atoms with Crippen LogP contribution in [0.3, 0.4) is 0 Å². The second kappa shape index (κ2) is 8.48. The number of benzene rings is 2. The Morgan fingerprint density at radius 2 is 1.71 bits per heavy atom. The zero-order chi connectivity index (χ0) is 14.9. The molecule has 0 saturated carbocycles. The molecular formula is C19H25NO. The van der Waals surface area contributed by atoms with Gasteiger partial charge in [0.05, 0.1) is 0 Å². The predicted molar refractivity (Wildman–Crippen MR) is 88.8 cm³/mol. The smallest absolute Gasteiger partial charge is 0.122 e. The number of hydrogen-bond acceptors (Lipinski definition) is 2. The molecule has 0 radical (unpaired) electrons. The molecule has 0 bridgehead atoms. The van der Waals surface area contributed by atoms with Crippen LogP contribution >= 0.6 is 0 Å². The van der Waals surface area contributed by atoms with Crippen molar-refractivity contribution < 1.29 is 4.74 Å². The fraction of sp³-hybridized carbons (Fsp3) is 0.368. The van der Waals surface area contributed by atoms with Gasteiger partial charge in [0.25, 0.3) is 0 Å². The normalized spacial score (nSPS) is 12.1. The Morgan fingerprint density at radius 3 is 2.48 bits per heavy atom. The molecule has 0 aliphatic heterocycles. The van der Waals surface area contributed by atoms with Crippen molar-refractivity contribution >= 4 is 0 Å². The van der Waals surface area contributed by atoms with E-state index in [1.54, 1.807) is 0 Å². The molecule has 2 heteroatoms. The molecule has 0 amide bonds. The first kappa shape index (κ1) is 15.6. The van der Waals surface area contributed by atoms with Crippen molar-refractivity contribution in [3.8, 4) is 5.75 Å². The Kier molecular flexibility index (Phi) is 6.29. The van der Waals surface area contributed by atoms with Crippen LogP contribution in [0.4, 0.5) is 0 Å². The third-order valence-corrected chi connectivity index (χ3v) is 3.77. The first-order valence-corrected chi connectivity index (χ1v) is 7.77. The molecule has 2 aromatic carbocycles. The molecule has 0 saturated heterocycles. The fourth-order valence-corrected chi connectivity index (χ4v) is 2.30. The Labute approximate surface area is 128 Å². The Morgan fingerprint density at radius 1 is 1.00 bits per heavy atom. The second-order valence-corrected chi connectivity index (χ2v) is 5.36. The average molecular weight is 283 g/mol. The summed E-state index contributed by atoms with van der Waals surface area (Å²) in [5.74, 6) is 1.56. The van der Waals surface area contributed by atoms with E-state index in [1.807, 2.05) is 12.1 Å². The molecule has 2 aromatic rings. The number of nitrogens with one attached hydrogen (secondary N) is 1. The lowest BCUT2D eigenvalue weighted by Gasteiger charge is -2.15. The van der Waals surface area contributed by atoms with Crippen molar-refractivity contribution in [1.82, 2.24) is 5.32 Å². The van der Waals surface area contributed by atoms with Crippen LogP contribution in [0.25, 0.3) is 0 Å². The van der Waals surface area contributed by atoms with E-state index >= 15 is 0 Å². The molecule has 1 N–H and O–H groups in total. The van der Waals surface area contributed by atoms with Crippen LogP contribution in [0, 0.1) is 0 Å². The lowest BCUT2D eigenvalue weighted by atomic mass is 9.98. The summed E-state index contributed by atoms with van der Waals surface area (Å²) in [6.45, 7) is 6.89. The predicted octanol–water partition coefficient (Wildman–Crippen LogP) is 4.37. The van der Waals surface area contributed by atoms with Crippen molar-refractivity contribution in [3.63, 3.8) is 0 Å². The van der Waals surface area contributed by atoms with Crippen molar-refractivity contribution in [2.24, 2.45) is 0 Å². The highest BCUT2D eigenvalue weighted by atomic mass is 16.5. The van der Waals surface area contributed by atoms with Gasteiger partial charge < -0.3 is 10.1 Å². The summed E-state index contributed by atoms with van der Waals surface area (Å²) in [4.78, 5) is 0. The SMILES string of the molecule is CC[C@@H](C)c1ccccc1OCCNCc1ccccc1. The van der Waals surface area contributed by atoms with Crippen molar-refractivity contribution in [2.45, 2.75) is 32.7 Å². The zero-order valence-electron chi connectivity index (χ0n) is 13.0. The largest absolute Gasteiger partial charge is 0.492 e. The monoisotopic (exact) mass is 283 g/mol. The molecule has 0 aromatic heterocycles. The van der Waals surface area contributed by atoms with Gasteiger partial charge in [-0.1, -0.05) is 62.4 Å². The van der Waals surface area contributed by atoms with Crippen LogP contribution in [0.15, 0.2) is 54.6 Å². The maximum atomic E-state index is 5.94. The van der Waals surface area contributed by atoms with Crippen LogP contribution in [-0.2, 0) is 6.54 Å². The maximum Gasteiger partial charge on any atom is 0.122 e. The summed E-state index contributed by atoms with van der Waals surface area (Å²) < 4.78 is 5.94. The highest BCUT2D eigenvalue weighted by Gasteiger charge is 2.08. The molecule has 112 valence electrons. The minimum atomic E-state index is 0.540. The van der Waals surface area contributed by atoms with E-state index in [9.17, 15) is 0 Å². The van der Waals surface area contributed by atoms with Crippen molar-refractivity contribution in [3.05, 3.63) is 65.7 Å². The third kappa shape index (κ3) is 4.91. The van der Waals surface area contributed by atoms with Crippen molar-refractivity contribution in [1.29, 1.82) is 0 Å². The van der Waals surface area contributed by atoms with Crippen LogP contribution in [0.2, 0.25) is 0 Å². The number of rotatable bonds is 8. The van der Waals surface area contributed by atoms with Crippen molar-refractivity contribution in [2.75, 3.05) is 13.2 Å². The van der Waals surface area contributed by atoms with E-state index in [0.29, 0.717) is 12.5 Å². The van der Waals surface area contributed by atoms with Gasteiger partial charge in [0.15, 0.2) is 0 Å². The van der Waals surface area contributed by atoms with Gasteiger partial charge in [-0.3, -0.25) is 0 Å². The van der Waals surface area contributed by atoms with Crippen LogP contribution < -0.4 is 10.1 Å². The van der Waals surface area contributed by atoms with E-state index in [4.69, 9.17) is 4.74 Å². The van der Waals surface area contributed by atoms with E-state index in [1.165, 1.54) is 11.1 Å². The highest BCUT2D eigenvalue weighted by Crippen LogP contribution is 2.28. The number of ether oxygens (including phenoxy) is 1. The highest BCUT2D eigenvalue weighted by molar-refractivity contribution is 5.35. The van der Waals surface area contributed by atoms with Gasteiger partial charge in [-0.2, -0.15) is 0 Å². The van der Waals surface area contributed by atoms with E-state index in [-0.39, 0.29) is 0 Å². The Balaban J connectivity index is 1.76. The number of para-hydroxylation sites is 1. The summed E-state index contributed by atoms with van der Waals surface area (Å²) in [5, 5.41) is 3.41. The maximum absolute atomic E-state index is 5.94. The molecular weight excluding hydrogens is 258 g/mol. The average Bonchev–Trinajstić information content (AvgIpc) is 2.55. The molecule has 1 atom stereocenters. The molecule has 2 nitrogen and oxygen atoms in total. The van der Waals surface area contributed by atoms with Gasteiger partial charge in [0.1, 0.15) is 12.4 Å². The Bertz CT molecular complexity index is 524. The van der Waals surface area contributed by atoms with Gasteiger partial charge in [-0.25, -0.2) is 0 Å². The third-order valence-electron chi connectivity index (χ3n) is 3.77. The summed E-state index contributed by atoms with van der Waals surface area (Å²) >= 11 is 0. The lowest BCUT2D eigenvalue weighted by molar-refractivity contribution is 0.309. The second-order valence-electron chi connectivity index (χ2n) is 5.36.